The van der Waals surface area contributed by atoms with Crippen LogP contribution in [0.25, 0.3) is 10.6 Å². The Morgan fingerprint density at radius 3 is 2.61 bits per heavy atom. The van der Waals surface area contributed by atoms with Crippen molar-refractivity contribution >= 4 is 38.6 Å². The molecule has 3 aromatic rings. The second-order valence-corrected chi connectivity index (χ2v) is 8.86. The van der Waals surface area contributed by atoms with Gasteiger partial charge in [-0.2, -0.15) is 0 Å². The average Bonchev–Trinajstić information content (AvgIpc) is 3.21. The van der Waals surface area contributed by atoms with E-state index in [4.69, 9.17) is 5.14 Å². The van der Waals surface area contributed by atoms with Crippen LogP contribution in [0.4, 0.5) is 11.4 Å². The normalized spacial score (nSPS) is 11.1. The Labute approximate surface area is 182 Å². The predicted octanol–water partition coefficient (Wildman–Crippen LogP) is 2.48. The van der Waals surface area contributed by atoms with Crippen molar-refractivity contribution < 1.29 is 18.1 Å². The second kappa shape index (κ2) is 9.64. The molecule has 1 heterocycles. The molecule has 0 radical (unpaired) electrons. The highest BCUT2D eigenvalue weighted by molar-refractivity contribution is 7.89. The van der Waals surface area contributed by atoms with Gasteiger partial charge >= 0.3 is 0 Å². The maximum Gasteiger partial charge on any atom is 0.293 e. The summed E-state index contributed by atoms with van der Waals surface area (Å²) in [7, 11) is -4.06. The summed E-state index contributed by atoms with van der Waals surface area (Å²) in [4.78, 5) is 26.7. The van der Waals surface area contributed by atoms with Gasteiger partial charge in [0.1, 0.15) is 10.7 Å². The molecule has 0 saturated carbocycles. The molecule has 0 atom stereocenters. The van der Waals surface area contributed by atoms with Gasteiger partial charge in [0.2, 0.25) is 15.9 Å². The van der Waals surface area contributed by atoms with Crippen molar-refractivity contribution in [2.75, 3.05) is 11.9 Å². The molecule has 0 saturated heterocycles. The summed E-state index contributed by atoms with van der Waals surface area (Å²) in [6.07, 6.45) is 0.0593. The third kappa shape index (κ3) is 6.07. The Morgan fingerprint density at radius 1 is 1.19 bits per heavy atom. The van der Waals surface area contributed by atoms with Crippen LogP contribution in [0.2, 0.25) is 0 Å². The van der Waals surface area contributed by atoms with Gasteiger partial charge in [-0.1, -0.05) is 30.3 Å². The Morgan fingerprint density at radius 2 is 1.94 bits per heavy atom. The number of nitrogens with zero attached hydrogens (tertiary/aromatic N) is 2. The minimum atomic E-state index is -4.06. The first-order valence-electron chi connectivity index (χ1n) is 9.05. The van der Waals surface area contributed by atoms with Crippen LogP contribution < -0.4 is 15.8 Å². The summed E-state index contributed by atoms with van der Waals surface area (Å²) in [5.41, 5.74) is 1.39. The number of nitro groups is 1. The Kier molecular flexibility index (Phi) is 6.95. The lowest BCUT2D eigenvalue weighted by molar-refractivity contribution is -0.384. The number of anilines is 1. The number of amides is 1. The molecule has 162 valence electrons. The number of carbonyl (C=O) groups excluding carboxylic acids is 1. The Hall–Kier alpha value is -3.35. The molecular formula is C19H19N5O5S2. The summed E-state index contributed by atoms with van der Waals surface area (Å²) < 4.78 is 22.7. The van der Waals surface area contributed by atoms with E-state index >= 15 is 0 Å². The lowest BCUT2D eigenvalue weighted by Gasteiger charge is -2.08. The lowest BCUT2D eigenvalue weighted by atomic mass is 10.2. The fourth-order valence-corrected chi connectivity index (χ4v) is 4.04. The maximum atomic E-state index is 12.1. The highest BCUT2D eigenvalue weighted by Crippen LogP contribution is 2.27. The van der Waals surface area contributed by atoms with Crippen molar-refractivity contribution in [3.63, 3.8) is 0 Å². The van der Waals surface area contributed by atoms with Crippen LogP contribution in [0, 0.1) is 10.1 Å². The van der Waals surface area contributed by atoms with Crippen LogP contribution in [0.3, 0.4) is 0 Å². The van der Waals surface area contributed by atoms with Crippen molar-refractivity contribution in [1.82, 2.24) is 10.3 Å². The minimum absolute atomic E-state index is 0.0593. The molecule has 1 amide bonds. The summed E-state index contributed by atoms with van der Waals surface area (Å²) in [6, 6.07) is 13.0. The largest absolute Gasteiger partial charge is 0.379 e. The molecular weight excluding hydrogens is 442 g/mol. The zero-order valence-corrected chi connectivity index (χ0v) is 17.8. The van der Waals surface area contributed by atoms with Crippen molar-refractivity contribution in [3.05, 3.63) is 69.7 Å². The number of primary sulfonamides is 1. The molecule has 0 bridgehead atoms. The number of thiazole rings is 1. The molecule has 0 aliphatic carbocycles. The van der Waals surface area contributed by atoms with Gasteiger partial charge in [0, 0.05) is 30.0 Å². The van der Waals surface area contributed by atoms with Gasteiger partial charge in [-0.25, -0.2) is 18.5 Å². The molecule has 0 spiro atoms. The molecule has 3 rings (SSSR count). The zero-order chi connectivity index (χ0) is 22.4. The molecule has 0 fully saturated rings. The number of nitro benzene ring substituents is 1. The van der Waals surface area contributed by atoms with E-state index in [0.29, 0.717) is 0 Å². The first-order valence-corrected chi connectivity index (χ1v) is 11.5. The van der Waals surface area contributed by atoms with E-state index in [1.165, 1.54) is 17.4 Å². The number of sulfonamides is 1. The smallest absolute Gasteiger partial charge is 0.293 e. The van der Waals surface area contributed by atoms with Gasteiger partial charge in [-0.15, -0.1) is 11.3 Å². The Bertz CT molecular complexity index is 1200. The van der Waals surface area contributed by atoms with Gasteiger partial charge in [0.05, 0.1) is 22.1 Å². The van der Waals surface area contributed by atoms with Crippen LogP contribution in [-0.4, -0.2) is 30.8 Å². The third-order valence-corrected chi connectivity index (χ3v) is 6.05. The molecule has 0 unspecified atom stereocenters. The van der Waals surface area contributed by atoms with E-state index in [9.17, 15) is 23.3 Å². The van der Waals surface area contributed by atoms with Gasteiger partial charge < -0.3 is 10.6 Å². The van der Waals surface area contributed by atoms with Crippen LogP contribution in [0.15, 0.2) is 58.8 Å². The highest BCUT2D eigenvalue weighted by Gasteiger charge is 2.19. The van der Waals surface area contributed by atoms with Crippen molar-refractivity contribution in [2.24, 2.45) is 5.14 Å². The number of nitrogens with one attached hydrogen (secondary N) is 2. The molecule has 10 nitrogen and oxygen atoms in total. The molecule has 0 aliphatic heterocycles. The molecule has 12 heteroatoms. The number of benzene rings is 2. The summed E-state index contributed by atoms with van der Waals surface area (Å²) >= 11 is 1.49. The summed E-state index contributed by atoms with van der Waals surface area (Å²) in [5, 5.41) is 24.5. The number of hydrogen-bond donors (Lipinski definition) is 3. The molecule has 31 heavy (non-hydrogen) atoms. The molecule has 2 aromatic carbocycles. The van der Waals surface area contributed by atoms with E-state index in [0.717, 1.165) is 28.4 Å². The fourth-order valence-electron chi connectivity index (χ4n) is 2.68. The first kappa shape index (κ1) is 22.3. The van der Waals surface area contributed by atoms with Crippen LogP contribution in [0.5, 0.6) is 0 Å². The predicted molar refractivity (Wildman–Crippen MR) is 117 cm³/mol. The topological polar surface area (TPSA) is 157 Å². The second-order valence-electron chi connectivity index (χ2n) is 6.44. The van der Waals surface area contributed by atoms with Gasteiger partial charge in [-0.05, 0) is 12.1 Å². The highest BCUT2D eigenvalue weighted by atomic mass is 32.2. The van der Waals surface area contributed by atoms with Crippen LogP contribution in [0.1, 0.15) is 12.1 Å². The first-order chi connectivity index (χ1) is 14.7. The van der Waals surface area contributed by atoms with Gasteiger partial charge in [0.25, 0.3) is 5.69 Å². The third-order valence-electron chi connectivity index (χ3n) is 4.20. The number of aromatic nitrogens is 1. The van der Waals surface area contributed by atoms with Crippen molar-refractivity contribution in [3.8, 4) is 10.6 Å². The fraction of sp³-hybridized carbons (Fsp3) is 0.158. The van der Waals surface area contributed by atoms with E-state index in [2.05, 4.69) is 15.6 Å². The number of carbonyl (C=O) groups is 1. The van der Waals surface area contributed by atoms with Crippen molar-refractivity contribution in [1.29, 1.82) is 0 Å². The maximum absolute atomic E-state index is 12.1. The van der Waals surface area contributed by atoms with E-state index in [1.54, 1.807) is 0 Å². The van der Waals surface area contributed by atoms with Crippen molar-refractivity contribution in [2.45, 2.75) is 17.9 Å². The van der Waals surface area contributed by atoms with E-state index < -0.39 is 20.6 Å². The average molecular weight is 462 g/mol. The van der Waals surface area contributed by atoms with E-state index in [1.807, 2.05) is 35.7 Å². The SMILES string of the molecule is NS(=O)(=O)c1ccc(NCCC(=O)NCc2csc(-c3ccccc3)n2)c([N+](=O)[O-])c1. The minimum Gasteiger partial charge on any atom is -0.379 e. The monoisotopic (exact) mass is 461 g/mol. The van der Waals surface area contributed by atoms with E-state index in [-0.39, 0.29) is 36.0 Å². The molecule has 0 aliphatic rings. The van der Waals surface area contributed by atoms with Gasteiger partial charge in [0.15, 0.2) is 0 Å². The quantitative estimate of drug-likeness (QED) is 0.326. The van der Waals surface area contributed by atoms with Crippen LogP contribution >= 0.6 is 11.3 Å². The molecule has 1 aromatic heterocycles. The Balaban J connectivity index is 1.52. The van der Waals surface area contributed by atoms with Crippen LogP contribution in [-0.2, 0) is 21.4 Å². The lowest BCUT2D eigenvalue weighted by Crippen LogP contribution is -2.25. The summed E-state index contributed by atoms with van der Waals surface area (Å²) in [5.74, 6) is -0.259. The molecule has 4 N–H and O–H groups in total. The number of rotatable bonds is 9. The number of nitrogens with two attached hydrogens (primary N) is 1. The van der Waals surface area contributed by atoms with Gasteiger partial charge in [-0.3, -0.25) is 14.9 Å². The number of hydrogen-bond acceptors (Lipinski definition) is 8. The zero-order valence-electron chi connectivity index (χ0n) is 16.1. The summed E-state index contributed by atoms with van der Waals surface area (Å²) in [6.45, 7) is 0.388. The standard InChI is InChI=1S/C19H19N5O5S2/c20-31(28,29)15-6-7-16(17(10-15)24(26)27)21-9-8-18(25)22-11-14-12-30-19(23-14)13-4-2-1-3-5-13/h1-7,10,12,21H,8-9,11H2,(H,22,25)(H2,20,28,29).